The number of carbonyl (C=O) groups is 2. The molecule has 2 aromatic carbocycles. The van der Waals surface area contributed by atoms with Crippen LogP contribution in [-0.4, -0.2) is 23.3 Å². The van der Waals surface area contributed by atoms with Gasteiger partial charge in [0.05, 0.1) is 16.8 Å². The van der Waals surface area contributed by atoms with E-state index in [0.29, 0.717) is 18.2 Å². The zero-order valence-electron chi connectivity index (χ0n) is 17.4. The molecule has 6 heteroatoms. The van der Waals surface area contributed by atoms with Crippen LogP contribution in [0.4, 0.5) is 5.13 Å². The lowest BCUT2D eigenvalue weighted by atomic mass is 9.96. The third-order valence-corrected chi connectivity index (χ3v) is 5.67. The highest BCUT2D eigenvalue weighted by Crippen LogP contribution is 2.31. The molecule has 0 spiro atoms. The summed E-state index contributed by atoms with van der Waals surface area (Å²) in [4.78, 5) is 31.6. The van der Waals surface area contributed by atoms with Crippen molar-refractivity contribution < 1.29 is 9.59 Å². The smallest absolute Gasteiger partial charge is 0.230 e. The fraction of sp³-hybridized carbons (Fsp3) is 0.348. The number of hydrogen-bond acceptors (Lipinski definition) is 4. The summed E-state index contributed by atoms with van der Waals surface area (Å²) in [6, 6.07) is 15.9. The van der Waals surface area contributed by atoms with Gasteiger partial charge in [-0.05, 0) is 24.1 Å². The molecule has 3 rings (SSSR count). The van der Waals surface area contributed by atoms with Crippen molar-refractivity contribution in [2.75, 3.05) is 11.4 Å². The standard InChI is InChI=1S/C23H27N3O2S/c1-16-9-8-12-18-20(16)25-22(29-18)26(15-17-10-6-5-7-11-17)19(27)13-14-24-21(28)23(2,3)4/h5-12H,13-15H2,1-4H3,(H,24,28). The van der Waals surface area contributed by atoms with E-state index in [9.17, 15) is 9.59 Å². The van der Waals surface area contributed by atoms with Gasteiger partial charge < -0.3 is 5.32 Å². The van der Waals surface area contributed by atoms with Crippen molar-refractivity contribution >= 4 is 38.5 Å². The summed E-state index contributed by atoms with van der Waals surface area (Å²) in [7, 11) is 0. The number of nitrogens with one attached hydrogen (secondary N) is 1. The molecule has 1 N–H and O–H groups in total. The van der Waals surface area contributed by atoms with E-state index in [-0.39, 0.29) is 18.2 Å². The van der Waals surface area contributed by atoms with Gasteiger partial charge in [-0.2, -0.15) is 0 Å². The number of anilines is 1. The Morgan fingerprint density at radius 2 is 1.79 bits per heavy atom. The van der Waals surface area contributed by atoms with Crippen LogP contribution in [-0.2, 0) is 16.1 Å². The third-order valence-electron chi connectivity index (χ3n) is 4.63. The van der Waals surface area contributed by atoms with E-state index in [0.717, 1.165) is 21.3 Å². The van der Waals surface area contributed by atoms with Gasteiger partial charge >= 0.3 is 0 Å². The second-order valence-electron chi connectivity index (χ2n) is 8.14. The SMILES string of the molecule is Cc1cccc2sc(N(Cc3ccccc3)C(=O)CCNC(=O)C(C)(C)C)nc12. The van der Waals surface area contributed by atoms with Crippen molar-refractivity contribution in [3.05, 3.63) is 59.7 Å². The Morgan fingerprint density at radius 3 is 2.45 bits per heavy atom. The molecule has 0 aliphatic rings. The first kappa shape index (κ1) is 21.0. The van der Waals surface area contributed by atoms with Gasteiger partial charge in [-0.15, -0.1) is 0 Å². The van der Waals surface area contributed by atoms with Gasteiger partial charge in [-0.1, -0.05) is 74.6 Å². The summed E-state index contributed by atoms with van der Waals surface area (Å²) in [5.41, 5.74) is 2.58. The second kappa shape index (κ2) is 8.74. The largest absolute Gasteiger partial charge is 0.355 e. The molecule has 152 valence electrons. The third kappa shape index (κ3) is 5.21. The van der Waals surface area contributed by atoms with Crippen LogP contribution < -0.4 is 10.2 Å². The molecule has 0 aliphatic heterocycles. The lowest BCUT2D eigenvalue weighted by molar-refractivity contribution is -0.128. The van der Waals surface area contributed by atoms with Gasteiger partial charge in [0, 0.05) is 18.4 Å². The summed E-state index contributed by atoms with van der Waals surface area (Å²) in [6.45, 7) is 8.35. The Labute approximate surface area is 175 Å². The minimum absolute atomic E-state index is 0.0558. The quantitative estimate of drug-likeness (QED) is 0.642. The van der Waals surface area contributed by atoms with Gasteiger partial charge in [0.25, 0.3) is 0 Å². The molecule has 0 unspecified atom stereocenters. The maximum atomic E-state index is 13.1. The number of thiazole rings is 1. The van der Waals surface area contributed by atoms with E-state index in [4.69, 9.17) is 4.98 Å². The number of hydrogen-bond donors (Lipinski definition) is 1. The van der Waals surface area contributed by atoms with E-state index >= 15 is 0 Å². The molecule has 0 aliphatic carbocycles. The number of rotatable bonds is 6. The number of nitrogens with zero attached hydrogens (tertiary/aromatic N) is 2. The van der Waals surface area contributed by atoms with Crippen molar-refractivity contribution in [1.29, 1.82) is 0 Å². The molecule has 1 aromatic heterocycles. The van der Waals surface area contributed by atoms with Gasteiger partial charge in [0.15, 0.2) is 5.13 Å². The first-order valence-electron chi connectivity index (χ1n) is 9.74. The van der Waals surface area contributed by atoms with Crippen LogP contribution >= 0.6 is 11.3 Å². The number of para-hydroxylation sites is 1. The number of aryl methyl sites for hydroxylation is 1. The van der Waals surface area contributed by atoms with Crippen LogP contribution in [0.15, 0.2) is 48.5 Å². The van der Waals surface area contributed by atoms with Gasteiger partial charge in [0.2, 0.25) is 11.8 Å². The maximum Gasteiger partial charge on any atom is 0.230 e. The molecule has 2 amide bonds. The van der Waals surface area contributed by atoms with Crippen molar-refractivity contribution in [3.8, 4) is 0 Å². The van der Waals surface area contributed by atoms with Crippen LogP contribution in [0.1, 0.15) is 38.3 Å². The van der Waals surface area contributed by atoms with Crippen molar-refractivity contribution in [2.24, 2.45) is 5.41 Å². The van der Waals surface area contributed by atoms with E-state index in [1.54, 1.807) is 4.90 Å². The van der Waals surface area contributed by atoms with Crippen LogP contribution in [0.5, 0.6) is 0 Å². The first-order chi connectivity index (χ1) is 13.8. The first-order valence-corrected chi connectivity index (χ1v) is 10.6. The van der Waals surface area contributed by atoms with Crippen molar-refractivity contribution in [1.82, 2.24) is 10.3 Å². The second-order valence-corrected chi connectivity index (χ2v) is 9.15. The minimum Gasteiger partial charge on any atom is -0.355 e. The van der Waals surface area contributed by atoms with Crippen LogP contribution in [0.2, 0.25) is 0 Å². The summed E-state index contributed by atoms with van der Waals surface area (Å²) >= 11 is 1.52. The normalized spacial score (nSPS) is 11.4. The Balaban J connectivity index is 1.81. The monoisotopic (exact) mass is 409 g/mol. The fourth-order valence-electron chi connectivity index (χ4n) is 2.90. The lowest BCUT2D eigenvalue weighted by Gasteiger charge is -2.21. The Kier molecular flexibility index (Phi) is 6.33. The molecule has 5 nitrogen and oxygen atoms in total. The Morgan fingerprint density at radius 1 is 1.07 bits per heavy atom. The van der Waals surface area contributed by atoms with Gasteiger partial charge in [-0.3, -0.25) is 14.5 Å². The lowest BCUT2D eigenvalue weighted by Crippen LogP contribution is -2.38. The summed E-state index contributed by atoms with van der Waals surface area (Å²) in [5.74, 6) is -0.115. The van der Waals surface area contributed by atoms with E-state index in [1.165, 1.54) is 11.3 Å². The van der Waals surface area contributed by atoms with E-state index < -0.39 is 5.41 Å². The molecule has 0 fully saturated rings. The summed E-state index contributed by atoms with van der Waals surface area (Å²) < 4.78 is 1.06. The summed E-state index contributed by atoms with van der Waals surface area (Å²) in [6.07, 6.45) is 0.226. The number of aromatic nitrogens is 1. The molecule has 0 atom stereocenters. The highest BCUT2D eigenvalue weighted by molar-refractivity contribution is 7.22. The van der Waals surface area contributed by atoms with Gasteiger partial charge in [0.1, 0.15) is 0 Å². The van der Waals surface area contributed by atoms with Crippen LogP contribution in [0.25, 0.3) is 10.2 Å². The number of fused-ring (bicyclic) bond motifs is 1. The predicted molar refractivity (Wildman–Crippen MR) is 119 cm³/mol. The molecular formula is C23H27N3O2S. The van der Waals surface area contributed by atoms with Crippen LogP contribution in [0.3, 0.4) is 0 Å². The Bertz CT molecular complexity index is 1010. The van der Waals surface area contributed by atoms with Crippen molar-refractivity contribution in [2.45, 2.75) is 40.7 Å². The molecule has 1 heterocycles. The van der Waals surface area contributed by atoms with E-state index in [2.05, 4.69) is 5.32 Å². The van der Waals surface area contributed by atoms with E-state index in [1.807, 2.05) is 76.2 Å². The molecular weight excluding hydrogens is 382 g/mol. The fourth-order valence-corrected chi connectivity index (χ4v) is 3.96. The molecule has 29 heavy (non-hydrogen) atoms. The summed E-state index contributed by atoms with van der Waals surface area (Å²) in [5, 5.41) is 3.54. The zero-order chi connectivity index (χ0) is 21.0. The minimum atomic E-state index is -0.475. The van der Waals surface area contributed by atoms with Gasteiger partial charge in [-0.25, -0.2) is 4.98 Å². The number of benzene rings is 2. The number of amides is 2. The predicted octanol–water partition coefficient (Wildman–Crippen LogP) is 4.69. The topological polar surface area (TPSA) is 62.3 Å². The average molecular weight is 410 g/mol. The molecule has 0 radical (unpaired) electrons. The molecule has 0 saturated heterocycles. The van der Waals surface area contributed by atoms with Crippen molar-refractivity contribution in [3.63, 3.8) is 0 Å². The highest BCUT2D eigenvalue weighted by Gasteiger charge is 2.23. The molecule has 0 bridgehead atoms. The maximum absolute atomic E-state index is 13.1. The molecule has 3 aromatic rings. The highest BCUT2D eigenvalue weighted by atomic mass is 32.1. The average Bonchev–Trinajstić information content (AvgIpc) is 3.11. The van der Waals surface area contributed by atoms with Crippen LogP contribution in [0, 0.1) is 12.3 Å². The Hall–Kier alpha value is -2.73. The zero-order valence-corrected chi connectivity index (χ0v) is 18.2. The number of carbonyl (C=O) groups excluding carboxylic acids is 2. The molecule has 0 saturated carbocycles.